The molecule has 0 aliphatic carbocycles. The number of rotatable bonds is 3. The molecule has 12 heteroatoms. The Morgan fingerprint density at radius 3 is 2.48 bits per heavy atom. The Hall–Kier alpha value is -3.28. The average Bonchev–Trinajstić information content (AvgIpc) is 3.36. The molecule has 29 heavy (non-hydrogen) atoms. The van der Waals surface area contributed by atoms with Crippen molar-refractivity contribution >= 4 is 24.3 Å². The van der Waals surface area contributed by atoms with Crippen LogP contribution in [0.5, 0.6) is 11.5 Å². The van der Waals surface area contributed by atoms with Crippen molar-refractivity contribution in [3.63, 3.8) is 0 Å². The first-order valence-corrected chi connectivity index (χ1v) is 8.44. The summed E-state index contributed by atoms with van der Waals surface area (Å²) in [7, 11) is 0. The molecule has 0 unspecified atom stereocenters. The lowest BCUT2D eigenvalue weighted by Gasteiger charge is -2.14. The fourth-order valence-corrected chi connectivity index (χ4v) is 2.53. The second kappa shape index (κ2) is 8.39. The lowest BCUT2D eigenvalue weighted by molar-refractivity contribution is -0.286. The van der Waals surface area contributed by atoms with E-state index in [1.165, 1.54) is 18.2 Å². The van der Waals surface area contributed by atoms with Crippen molar-refractivity contribution in [1.82, 2.24) is 5.06 Å². The van der Waals surface area contributed by atoms with E-state index in [1.54, 1.807) is 0 Å². The third kappa shape index (κ3) is 5.16. The van der Waals surface area contributed by atoms with E-state index in [2.05, 4.69) is 14.3 Å². The molecule has 0 radical (unpaired) electrons. The Kier molecular flexibility index (Phi) is 5.92. The van der Waals surface area contributed by atoms with E-state index in [9.17, 15) is 28.0 Å². The van der Waals surface area contributed by atoms with Crippen molar-refractivity contribution < 1.29 is 51.7 Å². The molecule has 0 N–H and O–H groups in total. The molecule has 2 saturated heterocycles. The van der Waals surface area contributed by atoms with Crippen LogP contribution in [0.25, 0.3) is 0 Å². The van der Waals surface area contributed by atoms with Crippen LogP contribution in [0.3, 0.4) is 0 Å². The van der Waals surface area contributed by atoms with E-state index in [1.807, 2.05) is 0 Å². The van der Waals surface area contributed by atoms with Gasteiger partial charge in [0.15, 0.2) is 11.5 Å². The quantitative estimate of drug-likeness (QED) is 0.414. The summed E-state index contributed by atoms with van der Waals surface area (Å²) in [6.07, 6.45) is -3.75. The smallest absolute Gasteiger partial charge is 0.427 e. The first-order valence-electron chi connectivity index (χ1n) is 8.44. The fourth-order valence-electron chi connectivity index (χ4n) is 2.53. The van der Waals surface area contributed by atoms with Gasteiger partial charge in [-0.05, 0) is 18.2 Å². The van der Waals surface area contributed by atoms with Crippen molar-refractivity contribution in [2.75, 3.05) is 13.2 Å². The maximum atomic E-state index is 12.4. The largest absolute Gasteiger partial charge is 0.586 e. The molecular formula is C17H15F2NO9. The Balaban J connectivity index is 0.000000169. The molecule has 3 aliphatic heterocycles. The number of ether oxygens (including phenoxy) is 4. The highest BCUT2D eigenvalue weighted by Gasteiger charge is 2.43. The Morgan fingerprint density at radius 1 is 1.17 bits per heavy atom. The number of carbonyl (C=O) groups is 4. The van der Waals surface area contributed by atoms with Crippen LogP contribution in [0.4, 0.5) is 13.6 Å². The highest BCUT2D eigenvalue weighted by atomic mass is 19.3. The number of imide groups is 1. The minimum absolute atomic E-state index is 0.0596. The van der Waals surface area contributed by atoms with Gasteiger partial charge in [0.1, 0.15) is 12.4 Å². The number of nitrogens with zero attached hydrogens (tertiary/aromatic N) is 1. The predicted molar refractivity (Wildman–Crippen MR) is 85.9 cm³/mol. The van der Waals surface area contributed by atoms with E-state index >= 15 is 0 Å². The van der Waals surface area contributed by atoms with Crippen LogP contribution in [0.15, 0.2) is 18.2 Å². The average molecular weight is 415 g/mol. The molecule has 156 valence electrons. The Bertz CT molecular complexity index is 807. The number of carbonyl (C=O) groups excluding carboxylic acids is 4. The van der Waals surface area contributed by atoms with Gasteiger partial charge in [0.2, 0.25) is 0 Å². The molecule has 3 aliphatic rings. The van der Waals surface area contributed by atoms with Crippen LogP contribution in [-0.2, 0) is 23.9 Å². The van der Waals surface area contributed by atoms with Crippen molar-refractivity contribution in [2.45, 2.75) is 31.7 Å². The number of hydrogen-bond donors (Lipinski definition) is 0. The van der Waals surface area contributed by atoms with Crippen molar-refractivity contribution in [2.24, 2.45) is 0 Å². The number of aldehydes is 1. The van der Waals surface area contributed by atoms with Gasteiger partial charge < -0.3 is 18.9 Å². The van der Waals surface area contributed by atoms with E-state index < -0.39 is 24.3 Å². The minimum Gasteiger partial charge on any atom is -0.427 e. The maximum absolute atomic E-state index is 12.4. The monoisotopic (exact) mass is 415 g/mol. The molecule has 4 rings (SSSR count). The summed E-state index contributed by atoms with van der Waals surface area (Å²) < 4.78 is 43.0. The van der Waals surface area contributed by atoms with Crippen LogP contribution < -0.4 is 9.47 Å². The molecule has 2 fully saturated rings. The summed E-state index contributed by atoms with van der Waals surface area (Å²) >= 11 is 0. The molecular weight excluding hydrogens is 400 g/mol. The van der Waals surface area contributed by atoms with E-state index in [-0.39, 0.29) is 36.0 Å². The summed E-state index contributed by atoms with van der Waals surface area (Å²) in [5.74, 6) is -1.22. The predicted octanol–water partition coefficient (Wildman–Crippen LogP) is 1.81. The van der Waals surface area contributed by atoms with E-state index in [0.29, 0.717) is 31.0 Å². The van der Waals surface area contributed by atoms with Gasteiger partial charge in [0.25, 0.3) is 11.8 Å². The lowest BCUT2D eigenvalue weighted by atomic mass is 10.2. The van der Waals surface area contributed by atoms with Crippen LogP contribution in [0, 0.1) is 0 Å². The minimum atomic E-state index is -3.62. The lowest BCUT2D eigenvalue weighted by Crippen LogP contribution is -2.33. The number of alkyl halides is 2. The zero-order valence-electron chi connectivity index (χ0n) is 14.8. The van der Waals surface area contributed by atoms with Gasteiger partial charge in [0.05, 0.1) is 13.2 Å². The molecule has 10 nitrogen and oxygen atoms in total. The second-order valence-electron chi connectivity index (χ2n) is 6.02. The van der Waals surface area contributed by atoms with Crippen molar-refractivity contribution in [3.8, 4) is 11.5 Å². The molecule has 0 spiro atoms. The first-order chi connectivity index (χ1) is 13.8. The molecule has 1 atom stereocenters. The third-order valence-electron chi connectivity index (χ3n) is 3.88. The number of hydrogen-bond acceptors (Lipinski definition) is 9. The Labute approximate surface area is 162 Å². The number of amides is 2. The summed E-state index contributed by atoms with van der Waals surface area (Å²) in [5.41, 5.74) is 0.264. The SMILES string of the molecule is O=C(O[C@H]1CCOC1)ON1C(=O)CCC1=O.O=Cc1ccc2c(c1)OC(F)(F)O2. The number of benzene rings is 1. The van der Waals surface area contributed by atoms with Gasteiger partial charge >= 0.3 is 12.5 Å². The molecule has 0 bridgehead atoms. The van der Waals surface area contributed by atoms with Gasteiger partial charge in [-0.1, -0.05) is 5.06 Å². The zero-order chi connectivity index (χ0) is 21.0. The second-order valence-corrected chi connectivity index (χ2v) is 6.02. The Morgan fingerprint density at radius 2 is 1.86 bits per heavy atom. The van der Waals surface area contributed by atoms with Gasteiger partial charge in [0, 0.05) is 24.8 Å². The summed E-state index contributed by atoms with van der Waals surface area (Å²) in [4.78, 5) is 48.2. The number of halogens is 2. The highest BCUT2D eigenvalue weighted by Crippen LogP contribution is 2.40. The van der Waals surface area contributed by atoms with Crippen LogP contribution in [0.1, 0.15) is 29.6 Å². The van der Waals surface area contributed by atoms with Gasteiger partial charge in [-0.15, -0.1) is 8.78 Å². The summed E-state index contributed by atoms with van der Waals surface area (Å²) in [6, 6.07) is 3.83. The van der Waals surface area contributed by atoms with E-state index in [0.717, 1.165) is 0 Å². The highest BCUT2D eigenvalue weighted by molar-refractivity contribution is 6.01. The van der Waals surface area contributed by atoms with Gasteiger partial charge in [-0.2, -0.15) is 0 Å². The maximum Gasteiger partial charge on any atom is 0.586 e. The third-order valence-corrected chi connectivity index (χ3v) is 3.88. The standard InChI is InChI=1S/C9H11NO6.C8H4F2O3/c11-7-1-2-8(12)10(7)16-9(13)15-6-3-4-14-5-6;9-8(10)12-6-2-1-5(4-11)3-7(6)13-8/h6H,1-5H2;1-4H/t6-;/m0./s1. The molecule has 2 amide bonds. The van der Waals surface area contributed by atoms with Crippen LogP contribution >= 0.6 is 0 Å². The fraction of sp³-hybridized carbons (Fsp3) is 0.412. The number of hydroxylamine groups is 2. The molecule has 0 aromatic heterocycles. The molecule has 3 heterocycles. The molecule has 1 aromatic carbocycles. The molecule has 1 aromatic rings. The first kappa shape index (κ1) is 20.5. The summed E-state index contributed by atoms with van der Waals surface area (Å²) in [6.45, 7) is 0.844. The van der Waals surface area contributed by atoms with E-state index in [4.69, 9.17) is 9.47 Å². The zero-order valence-corrected chi connectivity index (χ0v) is 14.8. The number of fused-ring (bicyclic) bond motifs is 1. The van der Waals surface area contributed by atoms with Gasteiger partial charge in [-0.3, -0.25) is 19.2 Å². The molecule has 0 saturated carbocycles. The normalized spacial score (nSPS) is 21.4. The topological polar surface area (TPSA) is 118 Å². The van der Waals surface area contributed by atoms with Gasteiger partial charge in [-0.25, -0.2) is 4.79 Å². The van der Waals surface area contributed by atoms with Crippen molar-refractivity contribution in [1.29, 1.82) is 0 Å². The summed E-state index contributed by atoms with van der Waals surface area (Å²) in [5, 5.41) is 0.456. The van der Waals surface area contributed by atoms with Crippen LogP contribution in [-0.4, -0.2) is 54.9 Å². The van der Waals surface area contributed by atoms with Crippen molar-refractivity contribution in [3.05, 3.63) is 23.8 Å². The van der Waals surface area contributed by atoms with Crippen LogP contribution in [0.2, 0.25) is 0 Å².